The fraction of sp³-hybridized carbons (Fsp3) is 0.321. The van der Waals surface area contributed by atoms with E-state index in [2.05, 4.69) is 53.1 Å². The highest BCUT2D eigenvalue weighted by Crippen LogP contribution is 2.47. The maximum atomic E-state index is 5.49. The molecule has 6 aromatic rings. The second-order valence-corrected chi connectivity index (χ2v) is 10.1. The molecule has 5 heterocycles. The number of hydrogen-bond donors (Lipinski definition) is 0. The predicted octanol–water partition coefficient (Wildman–Crippen LogP) is 4.56. The van der Waals surface area contributed by atoms with E-state index in [1.807, 2.05) is 41.9 Å². The fourth-order valence-corrected chi connectivity index (χ4v) is 5.48. The monoisotopic (exact) mass is 507 g/mol. The van der Waals surface area contributed by atoms with E-state index in [-0.39, 0.29) is 0 Å². The zero-order chi connectivity index (χ0) is 26.1. The van der Waals surface area contributed by atoms with Crippen molar-refractivity contribution in [3.63, 3.8) is 0 Å². The zero-order valence-electron chi connectivity index (χ0n) is 22.2. The van der Waals surface area contributed by atoms with Crippen LogP contribution >= 0.6 is 0 Å². The summed E-state index contributed by atoms with van der Waals surface area (Å²) in [6.07, 6.45) is 9.13. The van der Waals surface area contributed by atoms with Gasteiger partial charge in [0.2, 0.25) is 0 Å². The Bertz CT molecular complexity index is 1850. The SMILES string of the molecule is CCc1nc2nn(C)cc2cc1-c1nc(-c2cccc3nn(-c4cn(C)nc4OC)cc23)c(C2CC2)n1C. The van der Waals surface area contributed by atoms with Gasteiger partial charge in [-0.05, 0) is 31.4 Å². The summed E-state index contributed by atoms with van der Waals surface area (Å²) < 4.78 is 13.2. The Kier molecular flexibility index (Phi) is 4.94. The van der Waals surface area contributed by atoms with Gasteiger partial charge in [0.1, 0.15) is 11.5 Å². The third-order valence-corrected chi connectivity index (χ3v) is 7.39. The topological polar surface area (TPSA) is 93.4 Å². The van der Waals surface area contributed by atoms with Gasteiger partial charge in [-0.3, -0.25) is 9.36 Å². The molecular formula is C28H29N9O. The number of nitrogens with zero attached hydrogens (tertiary/aromatic N) is 9. The van der Waals surface area contributed by atoms with Crippen LogP contribution in [0.5, 0.6) is 5.88 Å². The molecule has 0 unspecified atom stereocenters. The number of ether oxygens (including phenoxy) is 1. The van der Waals surface area contributed by atoms with Crippen LogP contribution in [0.25, 0.3) is 50.3 Å². The molecule has 0 saturated heterocycles. The van der Waals surface area contributed by atoms with E-state index in [9.17, 15) is 0 Å². The van der Waals surface area contributed by atoms with Gasteiger partial charge in [0.15, 0.2) is 5.65 Å². The van der Waals surface area contributed by atoms with E-state index < -0.39 is 0 Å². The van der Waals surface area contributed by atoms with Crippen molar-refractivity contribution >= 4 is 21.9 Å². The highest BCUT2D eigenvalue weighted by molar-refractivity contribution is 5.95. The molecule has 5 aromatic heterocycles. The van der Waals surface area contributed by atoms with Gasteiger partial charge in [0, 0.05) is 67.0 Å². The number of rotatable bonds is 6. The second-order valence-electron chi connectivity index (χ2n) is 10.1. The van der Waals surface area contributed by atoms with Crippen LogP contribution in [-0.4, -0.2) is 51.0 Å². The van der Waals surface area contributed by atoms with Crippen molar-refractivity contribution in [1.82, 2.24) is 43.9 Å². The molecule has 0 spiro atoms. The zero-order valence-corrected chi connectivity index (χ0v) is 22.2. The molecule has 0 bridgehead atoms. The molecule has 1 aliphatic rings. The standard InChI is InChI=1S/C28H29N9O/c1-6-21-19(12-17-13-34(2)32-26(17)29-21)27-30-24(25(36(27)4)16-10-11-16)18-8-7-9-22-20(18)14-37(31-22)23-15-35(3)33-28(23)38-5/h7-9,12-16H,6,10-11H2,1-5H3. The highest BCUT2D eigenvalue weighted by Gasteiger charge is 2.33. The van der Waals surface area contributed by atoms with Crippen molar-refractivity contribution in [3.8, 4) is 34.2 Å². The fourth-order valence-electron chi connectivity index (χ4n) is 5.48. The van der Waals surface area contributed by atoms with E-state index in [1.54, 1.807) is 11.8 Å². The number of benzene rings is 1. The van der Waals surface area contributed by atoms with E-state index in [4.69, 9.17) is 19.8 Å². The summed E-state index contributed by atoms with van der Waals surface area (Å²) in [5.74, 6) is 1.97. The third kappa shape index (κ3) is 3.43. The molecule has 10 nitrogen and oxygen atoms in total. The Morgan fingerprint density at radius 1 is 0.947 bits per heavy atom. The maximum Gasteiger partial charge on any atom is 0.258 e. The van der Waals surface area contributed by atoms with Gasteiger partial charge in [-0.1, -0.05) is 19.1 Å². The van der Waals surface area contributed by atoms with Gasteiger partial charge in [0.05, 0.1) is 30.2 Å². The number of methoxy groups -OCH3 is 1. The van der Waals surface area contributed by atoms with Crippen LogP contribution in [-0.2, 0) is 27.6 Å². The van der Waals surface area contributed by atoms with Crippen molar-refractivity contribution in [2.75, 3.05) is 7.11 Å². The predicted molar refractivity (Wildman–Crippen MR) is 145 cm³/mol. The molecule has 10 heteroatoms. The average Bonchev–Trinajstić information content (AvgIpc) is 3.22. The van der Waals surface area contributed by atoms with Crippen molar-refractivity contribution in [2.24, 2.45) is 21.1 Å². The molecule has 1 aliphatic carbocycles. The molecule has 38 heavy (non-hydrogen) atoms. The molecule has 0 amide bonds. The smallest absolute Gasteiger partial charge is 0.258 e. The number of imidazole rings is 1. The first-order valence-corrected chi connectivity index (χ1v) is 12.9. The number of hydrogen-bond acceptors (Lipinski definition) is 6. The molecular weight excluding hydrogens is 478 g/mol. The van der Waals surface area contributed by atoms with Crippen LogP contribution in [0.1, 0.15) is 37.1 Å². The molecule has 7 rings (SSSR count). The molecule has 0 radical (unpaired) electrons. The first kappa shape index (κ1) is 22.7. The molecule has 1 saturated carbocycles. The quantitative estimate of drug-likeness (QED) is 0.328. The summed E-state index contributed by atoms with van der Waals surface area (Å²) in [5.41, 5.74) is 7.90. The first-order chi connectivity index (χ1) is 18.4. The van der Waals surface area contributed by atoms with E-state index in [1.165, 1.54) is 18.5 Å². The summed E-state index contributed by atoms with van der Waals surface area (Å²) in [5, 5.41) is 15.8. The van der Waals surface area contributed by atoms with E-state index in [0.717, 1.165) is 62.4 Å². The Labute approximate surface area is 219 Å². The van der Waals surface area contributed by atoms with E-state index in [0.29, 0.717) is 11.8 Å². The summed E-state index contributed by atoms with van der Waals surface area (Å²) in [7, 11) is 7.57. The van der Waals surface area contributed by atoms with Gasteiger partial charge in [-0.2, -0.15) is 10.2 Å². The van der Waals surface area contributed by atoms with Crippen LogP contribution < -0.4 is 4.74 Å². The van der Waals surface area contributed by atoms with Gasteiger partial charge in [-0.25, -0.2) is 14.6 Å². The van der Waals surface area contributed by atoms with Crippen molar-refractivity contribution < 1.29 is 4.74 Å². The lowest BCUT2D eigenvalue weighted by molar-refractivity contribution is 0.389. The summed E-state index contributed by atoms with van der Waals surface area (Å²) in [6, 6.07) is 8.43. The Morgan fingerprint density at radius 2 is 1.76 bits per heavy atom. The molecule has 0 aliphatic heterocycles. The molecule has 1 fully saturated rings. The Morgan fingerprint density at radius 3 is 2.53 bits per heavy atom. The minimum absolute atomic E-state index is 0.500. The second kappa shape index (κ2) is 8.27. The van der Waals surface area contributed by atoms with E-state index >= 15 is 0 Å². The molecule has 192 valence electrons. The van der Waals surface area contributed by atoms with Crippen molar-refractivity contribution in [1.29, 1.82) is 0 Å². The van der Waals surface area contributed by atoms with Gasteiger partial charge < -0.3 is 9.30 Å². The molecule has 0 N–H and O–H groups in total. The minimum Gasteiger partial charge on any atom is -0.478 e. The lowest BCUT2D eigenvalue weighted by atomic mass is 10.0. The van der Waals surface area contributed by atoms with Crippen LogP contribution in [0, 0.1) is 0 Å². The largest absolute Gasteiger partial charge is 0.478 e. The van der Waals surface area contributed by atoms with Crippen LogP contribution in [0.15, 0.2) is 42.9 Å². The normalized spacial score (nSPS) is 13.7. The molecule has 0 atom stereocenters. The van der Waals surface area contributed by atoms with Crippen LogP contribution in [0.3, 0.4) is 0 Å². The van der Waals surface area contributed by atoms with Crippen molar-refractivity contribution in [3.05, 3.63) is 54.2 Å². The highest BCUT2D eigenvalue weighted by atomic mass is 16.5. The van der Waals surface area contributed by atoms with Gasteiger partial charge >= 0.3 is 0 Å². The van der Waals surface area contributed by atoms with Crippen LogP contribution in [0.2, 0.25) is 0 Å². The van der Waals surface area contributed by atoms with Crippen molar-refractivity contribution in [2.45, 2.75) is 32.1 Å². The maximum absolute atomic E-state index is 5.49. The summed E-state index contributed by atoms with van der Waals surface area (Å²) >= 11 is 0. The Hall–Kier alpha value is -4.47. The minimum atomic E-state index is 0.500. The average molecular weight is 508 g/mol. The van der Waals surface area contributed by atoms with Crippen LogP contribution in [0.4, 0.5) is 0 Å². The first-order valence-electron chi connectivity index (χ1n) is 12.9. The molecule has 1 aromatic carbocycles. The number of pyridine rings is 1. The van der Waals surface area contributed by atoms with Gasteiger partial charge in [-0.15, -0.1) is 5.10 Å². The number of aryl methyl sites for hydroxylation is 3. The number of fused-ring (bicyclic) bond motifs is 2. The lowest BCUT2D eigenvalue weighted by Crippen LogP contribution is -2.01. The van der Waals surface area contributed by atoms with Gasteiger partial charge in [0.25, 0.3) is 5.88 Å². The Balaban J connectivity index is 1.43. The number of aromatic nitrogens is 9. The summed E-state index contributed by atoms with van der Waals surface area (Å²) in [4.78, 5) is 10.2. The third-order valence-electron chi connectivity index (χ3n) is 7.39. The lowest BCUT2D eigenvalue weighted by Gasteiger charge is -2.09. The summed E-state index contributed by atoms with van der Waals surface area (Å²) in [6.45, 7) is 2.13.